The maximum absolute atomic E-state index is 13.0. The number of rotatable bonds is 4. The number of likely N-dealkylation sites (N-methyl/N-ethyl adjacent to an activating group) is 1. The van der Waals surface area contributed by atoms with Gasteiger partial charge in [0, 0.05) is 32.2 Å². The third kappa shape index (κ3) is 4.20. The van der Waals surface area contributed by atoms with Gasteiger partial charge >= 0.3 is 0 Å². The standard InChI is InChI=1S/C25H36N6O/c1-18-11-19(2)13-20(12-18)14-30-10-9-25(16-30)17-31-22(15-29(25)3)27-28-23(31)24(32)26-21-7-5-4-6-8-21/h11-13,21H,4-10,14-17H2,1-3H3,(H,26,32). The summed E-state index contributed by atoms with van der Waals surface area (Å²) in [4.78, 5) is 18.0. The third-order valence-electron chi connectivity index (χ3n) is 7.71. The maximum Gasteiger partial charge on any atom is 0.289 e. The molecule has 0 radical (unpaired) electrons. The second kappa shape index (κ2) is 8.60. The summed E-state index contributed by atoms with van der Waals surface area (Å²) < 4.78 is 2.10. The van der Waals surface area contributed by atoms with Crippen LogP contribution in [0.1, 0.15) is 71.7 Å². The molecule has 3 aliphatic rings. The maximum atomic E-state index is 13.0. The van der Waals surface area contributed by atoms with Crippen LogP contribution in [-0.4, -0.2) is 62.2 Å². The molecule has 1 aromatic carbocycles. The summed E-state index contributed by atoms with van der Waals surface area (Å²) in [7, 11) is 2.19. The molecule has 1 saturated carbocycles. The highest BCUT2D eigenvalue weighted by Crippen LogP contribution is 2.35. The molecule has 7 heteroatoms. The van der Waals surface area contributed by atoms with Gasteiger partial charge in [0.1, 0.15) is 5.82 Å². The number of carbonyl (C=O) groups is 1. The van der Waals surface area contributed by atoms with Crippen LogP contribution in [0.4, 0.5) is 0 Å². The molecule has 5 rings (SSSR count). The number of benzene rings is 1. The molecule has 32 heavy (non-hydrogen) atoms. The summed E-state index contributed by atoms with van der Waals surface area (Å²) in [5.74, 6) is 1.34. The van der Waals surface area contributed by atoms with Crippen LogP contribution in [-0.2, 0) is 19.6 Å². The number of nitrogens with zero attached hydrogens (tertiary/aromatic N) is 5. The van der Waals surface area contributed by atoms with Crippen LogP contribution < -0.4 is 5.32 Å². The smallest absolute Gasteiger partial charge is 0.289 e. The van der Waals surface area contributed by atoms with E-state index in [1.54, 1.807) is 0 Å². The first-order chi connectivity index (χ1) is 15.4. The van der Waals surface area contributed by atoms with Gasteiger partial charge in [0.2, 0.25) is 5.82 Å². The molecule has 172 valence electrons. The van der Waals surface area contributed by atoms with Crippen molar-refractivity contribution in [3.8, 4) is 0 Å². The molecule has 1 N–H and O–H groups in total. The van der Waals surface area contributed by atoms with E-state index in [0.717, 1.165) is 57.8 Å². The molecule has 2 fully saturated rings. The van der Waals surface area contributed by atoms with E-state index in [1.807, 2.05) is 0 Å². The Balaban J connectivity index is 1.30. The third-order valence-corrected chi connectivity index (χ3v) is 7.71. The number of aromatic nitrogens is 3. The topological polar surface area (TPSA) is 66.3 Å². The number of nitrogens with one attached hydrogen (secondary N) is 1. The van der Waals surface area contributed by atoms with E-state index >= 15 is 0 Å². The second-order valence-electron chi connectivity index (χ2n) is 10.4. The van der Waals surface area contributed by atoms with Gasteiger partial charge < -0.3 is 9.88 Å². The Morgan fingerprint density at radius 1 is 1.09 bits per heavy atom. The van der Waals surface area contributed by atoms with Crippen molar-refractivity contribution >= 4 is 5.91 Å². The number of hydrogen-bond acceptors (Lipinski definition) is 5. The first-order valence-electron chi connectivity index (χ1n) is 12.2. The SMILES string of the molecule is Cc1cc(C)cc(CN2CCC3(C2)Cn2c(nnc2C(=O)NC2CCCCC2)CN3C)c1. The van der Waals surface area contributed by atoms with Crippen LogP contribution in [0.15, 0.2) is 18.2 Å². The molecule has 1 aromatic heterocycles. The monoisotopic (exact) mass is 436 g/mol. The summed E-state index contributed by atoms with van der Waals surface area (Å²) in [5, 5.41) is 11.9. The van der Waals surface area contributed by atoms with Crippen LogP contribution in [0.25, 0.3) is 0 Å². The number of hydrogen-bond donors (Lipinski definition) is 1. The van der Waals surface area contributed by atoms with E-state index in [2.05, 4.69) is 69.0 Å². The number of carbonyl (C=O) groups excluding carboxylic acids is 1. The fraction of sp³-hybridized carbons (Fsp3) is 0.640. The zero-order chi connectivity index (χ0) is 22.3. The molecule has 1 aliphatic carbocycles. The Kier molecular flexibility index (Phi) is 5.80. The average Bonchev–Trinajstić information content (AvgIpc) is 3.33. The van der Waals surface area contributed by atoms with Crippen molar-refractivity contribution in [2.45, 2.75) is 83.6 Å². The fourth-order valence-corrected chi connectivity index (χ4v) is 6.01. The largest absolute Gasteiger partial charge is 0.347 e. The normalized spacial score (nSPS) is 24.7. The summed E-state index contributed by atoms with van der Waals surface area (Å²) in [5.41, 5.74) is 4.06. The highest BCUT2D eigenvalue weighted by Gasteiger charge is 2.46. The van der Waals surface area contributed by atoms with Crippen molar-refractivity contribution in [3.05, 3.63) is 46.5 Å². The molecule has 1 atom stereocenters. The predicted molar refractivity (Wildman–Crippen MR) is 124 cm³/mol. The first-order valence-corrected chi connectivity index (χ1v) is 12.2. The lowest BCUT2D eigenvalue weighted by Gasteiger charge is -2.43. The minimum absolute atomic E-state index is 0.0219. The van der Waals surface area contributed by atoms with E-state index < -0.39 is 0 Å². The Hall–Kier alpha value is -2.25. The molecule has 1 amide bonds. The van der Waals surface area contributed by atoms with E-state index in [0.29, 0.717) is 5.82 Å². The Labute approximate surface area is 191 Å². The second-order valence-corrected chi connectivity index (χ2v) is 10.4. The van der Waals surface area contributed by atoms with Crippen LogP contribution in [0.3, 0.4) is 0 Å². The number of fused-ring (bicyclic) bond motifs is 1. The number of amides is 1. The number of aryl methyl sites for hydroxylation is 2. The van der Waals surface area contributed by atoms with Crippen molar-refractivity contribution in [1.29, 1.82) is 0 Å². The first kappa shape index (κ1) is 21.6. The molecule has 1 saturated heterocycles. The fourth-order valence-electron chi connectivity index (χ4n) is 6.01. The molecule has 2 aromatic rings. The Morgan fingerprint density at radius 3 is 2.59 bits per heavy atom. The van der Waals surface area contributed by atoms with Gasteiger partial charge in [-0.25, -0.2) is 0 Å². The van der Waals surface area contributed by atoms with Gasteiger partial charge in [0.05, 0.1) is 12.1 Å². The van der Waals surface area contributed by atoms with E-state index in [4.69, 9.17) is 0 Å². The van der Waals surface area contributed by atoms with Crippen LogP contribution in [0.5, 0.6) is 0 Å². The van der Waals surface area contributed by atoms with Crippen molar-refractivity contribution in [2.24, 2.45) is 0 Å². The molecule has 2 aliphatic heterocycles. The van der Waals surface area contributed by atoms with Crippen LogP contribution >= 0.6 is 0 Å². The predicted octanol–water partition coefficient (Wildman–Crippen LogP) is 3.05. The van der Waals surface area contributed by atoms with Crippen molar-refractivity contribution in [2.75, 3.05) is 20.1 Å². The minimum atomic E-state index is -0.0551. The molecule has 1 spiro atoms. The van der Waals surface area contributed by atoms with Gasteiger partial charge in [0.15, 0.2) is 0 Å². The molecule has 7 nitrogen and oxygen atoms in total. The lowest BCUT2D eigenvalue weighted by atomic mass is 9.94. The van der Waals surface area contributed by atoms with E-state index in [9.17, 15) is 4.79 Å². The quantitative estimate of drug-likeness (QED) is 0.798. The van der Waals surface area contributed by atoms with Crippen molar-refractivity contribution in [3.63, 3.8) is 0 Å². The summed E-state index contributed by atoms with van der Waals surface area (Å²) in [6, 6.07) is 7.11. The minimum Gasteiger partial charge on any atom is -0.347 e. The van der Waals surface area contributed by atoms with Gasteiger partial charge in [0.25, 0.3) is 5.91 Å². The van der Waals surface area contributed by atoms with Gasteiger partial charge in [-0.3, -0.25) is 14.6 Å². The molecular formula is C25H36N6O. The molecular weight excluding hydrogens is 400 g/mol. The lowest BCUT2D eigenvalue weighted by Crippen LogP contribution is -2.55. The number of likely N-dealkylation sites (tertiary alicyclic amines) is 1. The Bertz CT molecular complexity index is 974. The Morgan fingerprint density at radius 2 is 1.84 bits per heavy atom. The molecule has 1 unspecified atom stereocenters. The van der Waals surface area contributed by atoms with Crippen LogP contribution in [0, 0.1) is 13.8 Å². The van der Waals surface area contributed by atoms with Crippen molar-refractivity contribution in [1.82, 2.24) is 29.9 Å². The van der Waals surface area contributed by atoms with Gasteiger partial charge in [-0.1, -0.05) is 48.6 Å². The summed E-state index contributed by atoms with van der Waals surface area (Å²) in [6.45, 7) is 8.90. The van der Waals surface area contributed by atoms with Gasteiger partial charge in [-0.05, 0) is 45.7 Å². The zero-order valence-corrected chi connectivity index (χ0v) is 19.7. The molecule has 0 bridgehead atoms. The van der Waals surface area contributed by atoms with E-state index in [-0.39, 0.29) is 17.5 Å². The zero-order valence-electron chi connectivity index (χ0n) is 19.7. The van der Waals surface area contributed by atoms with Gasteiger partial charge in [-0.2, -0.15) is 0 Å². The lowest BCUT2D eigenvalue weighted by molar-refractivity contribution is 0.0646. The summed E-state index contributed by atoms with van der Waals surface area (Å²) in [6.07, 6.45) is 6.93. The van der Waals surface area contributed by atoms with Crippen LogP contribution in [0.2, 0.25) is 0 Å². The van der Waals surface area contributed by atoms with Crippen molar-refractivity contribution < 1.29 is 4.79 Å². The highest BCUT2D eigenvalue weighted by atomic mass is 16.2. The van der Waals surface area contributed by atoms with E-state index in [1.165, 1.54) is 36.0 Å². The average molecular weight is 437 g/mol. The highest BCUT2D eigenvalue weighted by molar-refractivity contribution is 5.91. The van der Waals surface area contributed by atoms with Gasteiger partial charge in [-0.15, -0.1) is 10.2 Å². The summed E-state index contributed by atoms with van der Waals surface area (Å²) >= 11 is 0. The molecule has 3 heterocycles.